The van der Waals surface area contributed by atoms with Crippen LogP contribution in [0.1, 0.15) is 41.8 Å². The molecule has 0 fully saturated rings. The lowest BCUT2D eigenvalue weighted by molar-refractivity contribution is -0.124. The van der Waals surface area contributed by atoms with Crippen molar-refractivity contribution < 1.29 is 14.0 Å². The number of carbonyl (C=O) groups is 2. The lowest BCUT2D eigenvalue weighted by atomic mass is 10.0. The molecule has 0 saturated carbocycles. The van der Waals surface area contributed by atoms with Gasteiger partial charge < -0.3 is 15.1 Å². The van der Waals surface area contributed by atoms with Gasteiger partial charge in [0.2, 0.25) is 5.91 Å². The zero-order chi connectivity index (χ0) is 19.4. The highest BCUT2D eigenvalue weighted by Gasteiger charge is 2.27. The molecule has 146 valence electrons. The van der Waals surface area contributed by atoms with Gasteiger partial charge in [-0.05, 0) is 48.4 Å². The molecule has 3 heterocycles. The number of thiophene rings is 1. The average molecular weight is 390 g/mol. The Hall–Kier alpha value is -2.12. The predicted molar refractivity (Wildman–Crippen MR) is 106 cm³/mol. The Labute approximate surface area is 163 Å². The summed E-state index contributed by atoms with van der Waals surface area (Å²) >= 11 is 1.82. The molecule has 2 aromatic rings. The minimum absolute atomic E-state index is 0.0254. The number of furan rings is 1. The molecule has 2 aromatic heterocycles. The second-order valence-electron chi connectivity index (χ2n) is 7.36. The second-order valence-corrected chi connectivity index (χ2v) is 8.36. The molecule has 0 saturated heterocycles. The molecule has 0 spiro atoms. The minimum Gasteiger partial charge on any atom is -0.459 e. The number of amides is 2. The third-order valence-electron chi connectivity index (χ3n) is 5.01. The molecular weight excluding hydrogens is 362 g/mol. The molecule has 0 bridgehead atoms. The molecule has 2 N–H and O–H groups in total. The normalized spacial score (nSPS) is 16.6. The van der Waals surface area contributed by atoms with Crippen molar-refractivity contribution in [3.05, 3.63) is 46.0 Å². The maximum atomic E-state index is 12.7. The third-order valence-corrected chi connectivity index (χ3v) is 6.04. The molecule has 1 aliphatic rings. The van der Waals surface area contributed by atoms with E-state index in [4.69, 9.17) is 4.42 Å². The molecule has 2 amide bonds. The summed E-state index contributed by atoms with van der Waals surface area (Å²) < 4.78 is 5.11. The van der Waals surface area contributed by atoms with E-state index < -0.39 is 6.04 Å². The smallest absolute Gasteiger partial charge is 0.287 e. The minimum atomic E-state index is -0.598. The third kappa shape index (κ3) is 4.78. The molecule has 0 aliphatic carbocycles. The van der Waals surface area contributed by atoms with Gasteiger partial charge in [-0.1, -0.05) is 13.8 Å². The first-order valence-corrected chi connectivity index (χ1v) is 10.2. The van der Waals surface area contributed by atoms with E-state index in [1.165, 1.54) is 16.7 Å². The van der Waals surface area contributed by atoms with Gasteiger partial charge in [0.15, 0.2) is 5.76 Å². The van der Waals surface area contributed by atoms with Crippen LogP contribution < -0.4 is 10.6 Å². The Morgan fingerprint density at radius 2 is 2.11 bits per heavy atom. The highest BCUT2D eigenvalue weighted by molar-refractivity contribution is 7.10. The van der Waals surface area contributed by atoms with Gasteiger partial charge >= 0.3 is 0 Å². The number of hydrogen-bond acceptors (Lipinski definition) is 5. The summed E-state index contributed by atoms with van der Waals surface area (Å²) in [5.41, 5.74) is 1.40. The Bertz CT molecular complexity index is 769. The highest BCUT2D eigenvalue weighted by Crippen LogP contribution is 2.25. The first-order chi connectivity index (χ1) is 13.0. The van der Waals surface area contributed by atoms with Gasteiger partial charge in [0, 0.05) is 30.6 Å². The summed E-state index contributed by atoms with van der Waals surface area (Å²) in [6, 6.07) is 5.06. The average Bonchev–Trinajstić information content (AvgIpc) is 3.34. The van der Waals surface area contributed by atoms with E-state index >= 15 is 0 Å². The maximum absolute atomic E-state index is 12.7. The van der Waals surface area contributed by atoms with Gasteiger partial charge in [-0.25, -0.2) is 0 Å². The van der Waals surface area contributed by atoms with Crippen molar-refractivity contribution in [1.82, 2.24) is 15.5 Å². The lowest BCUT2D eigenvalue weighted by Crippen LogP contribution is -2.52. The molecule has 7 heteroatoms. The van der Waals surface area contributed by atoms with E-state index in [9.17, 15) is 9.59 Å². The van der Waals surface area contributed by atoms with Crippen LogP contribution in [0, 0.1) is 5.92 Å². The quantitative estimate of drug-likeness (QED) is 0.763. The van der Waals surface area contributed by atoms with Gasteiger partial charge in [-0.3, -0.25) is 14.5 Å². The molecular formula is C20H27N3O3S. The molecule has 0 aromatic carbocycles. The van der Waals surface area contributed by atoms with E-state index in [1.54, 1.807) is 12.1 Å². The molecule has 3 rings (SSSR count). The van der Waals surface area contributed by atoms with Crippen molar-refractivity contribution >= 4 is 23.2 Å². The molecule has 2 unspecified atom stereocenters. The monoisotopic (exact) mass is 389 g/mol. The van der Waals surface area contributed by atoms with Gasteiger partial charge in [0.25, 0.3) is 5.91 Å². The number of nitrogens with one attached hydrogen (secondary N) is 2. The summed E-state index contributed by atoms with van der Waals surface area (Å²) in [7, 11) is 0. The predicted octanol–water partition coefficient (Wildman–Crippen LogP) is 2.66. The Morgan fingerprint density at radius 3 is 2.81 bits per heavy atom. The molecule has 0 radical (unpaired) electrons. The zero-order valence-corrected chi connectivity index (χ0v) is 16.8. The van der Waals surface area contributed by atoms with E-state index in [2.05, 4.69) is 33.9 Å². The van der Waals surface area contributed by atoms with Crippen molar-refractivity contribution in [2.45, 2.75) is 45.8 Å². The molecule has 1 aliphatic heterocycles. The number of carbonyl (C=O) groups excluding carboxylic acids is 2. The van der Waals surface area contributed by atoms with Crippen LogP contribution in [-0.4, -0.2) is 41.9 Å². The first-order valence-electron chi connectivity index (χ1n) is 9.37. The van der Waals surface area contributed by atoms with Gasteiger partial charge in [0.1, 0.15) is 6.04 Å². The van der Waals surface area contributed by atoms with Gasteiger partial charge in [0.05, 0.1) is 6.26 Å². The number of fused-ring (bicyclic) bond motifs is 1. The highest BCUT2D eigenvalue weighted by atomic mass is 32.1. The van der Waals surface area contributed by atoms with Crippen LogP contribution in [-0.2, 0) is 17.8 Å². The zero-order valence-electron chi connectivity index (χ0n) is 16.0. The number of rotatable bonds is 7. The Morgan fingerprint density at radius 1 is 1.30 bits per heavy atom. The summed E-state index contributed by atoms with van der Waals surface area (Å²) in [5, 5.41) is 7.93. The van der Waals surface area contributed by atoms with E-state index in [-0.39, 0.29) is 29.5 Å². The number of nitrogens with zero attached hydrogens (tertiary/aromatic N) is 1. The van der Waals surface area contributed by atoms with Crippen LogP contribution in [0.2, 0.25) is 0 Å². The molecule has 2 atom stereocenters. The van der Waals surface area contributed by atoms with E-state index in [0.717, 1.165) is 19.5 Å². The standard InChI is InChI=1S/C20H27N3O3S/c1-13(2)18(22-19(24)16-5-4-9-26-16)20(25)21-11-14(3)23-8-6-17-15(12-23)7-10-27-17/h4-5,7,9-10,13-14,18H,6,8,11-12H2,1-3H3,(H,21,25)(H,22,24). The second kappa shape index (κ2) is 8.71. The molecule has 27 heavy (non-hydrogen) atoms. The topological polar surface area (TPSA) is 74.6 Å². The van der Waals surface area contributed by atoms with Crippen LogP contribution in [0.25, 0.3) is 0 Å². The summed E-state index contributed by atoms with van der Waals surface area (Å²) in [5.74, 6) is -0.350. The van der Waals surface area contributed by atoms with Crippen LogP contribution in [0.3, 0.4) is 0 Å². The Balaban J connectivity index is 1.52. The van der Waals surface area contributed by atoms with E-state index in [1.807, 2.05) is 25.2 Å². The fraction of sp³-hybridized carbons (Fsp3) is 0.500. The molecule has 6 nitrogen and oxygen atoms in total. The van der Waals surface area contributed by atoms with Gasteiger partial charge in [-0.2, -0.15) is 0 Å². The van der Waals surface area contributed by atoms with Crippen LogP contribution in [0.4, 0.5) is 0 Å². The van der Waals surface area contributed by atoms with Crippen LogP contribution in [0.5, 0.6) is 0 Å². The maximum Gasteiger partial charge on any atom is 0.287 e. The van der Waals surface area contributed by atoms with Crippen molar-refractivity contribution in [1.29, 1.82) is 0 Å². The largest absolute Gasteiger partial charge is 0.459 e. The first kappa shape index (κ1) is 19.6. The number of hydrogen-bond donors (Lipinski definition) is 2. The van der Waals surface area contributed by atoms with E-state index in [0.29, 0.717) is 6.54 Å². The van der Waals surface area contributed by atoms with Crippen LogP contribution >= 0.6 is 11.3 Å². The SMILES string of the molecule is CC(C)C(NC(=O)c1ccco1)C(=O)NCC(C)N1CCc2sccc2C1. The van der Waals surface area contributed by atoms with Crippen molar-refractivity contribution in [3.8, 4) is 0 Å². The Kier molecular flexibility index (Phi) is 6.34. The lowest BCUT2D eigenvalue weighted by Gasteiger charge is -2.33. The van der Waals surface area contributed by atoms with Crippen LogP contribution in [0.15, 0.2) is 34.3 Å². The summed E-state index contributed by atoms with van der Waals surface area (Å²) in [4.78, 5) is 28.7. The fourth-order valence-corrected chi connectivity index (χ4v) is 4.18. The van der Waals surface area contributed by atoms with Gasteiger partial charge in [-0.15, -0.1) is 11.3 Å². The summed E-state index contributed by atoms with van der Waals surface area (Å²) in [6.07, 6.45) is 2.51. The van der Waals surface area contributed by atoms with Crippen molar-refractivity contribution in [2.75, 3.05) is 13.1 Å². The summed E-state index contributed by atoms with van der Waals surface area (Å²) in [6.45, 7) is 8.45. The van der Waals surface area contributed by atoms with Crippen molar-refractivity contribution in [2.24, 2.45) is 5.92 Å². The fourth-order valence-electron chi connectivity index (χ4n) is 3.29. The van der Waals surface area contributed by atoms with Crippen molar-refractivity contribution in [3.63, 3.8) is 0 Å².